The summed E-state index contributed by atoms with van der Waals surface area (Å²) in [4.78, 5) is 20.5. The van der Waals surface area contributed by atoms with Gasteiger partial charge in [-0.1, -0.05) is 12.8 Å². The molecular weight excluding hydrogens is 294 g/mol. The van der Waals surface area contributed by atoms with Gasteiger partial charge in [0.05, 0.1) is 19.5 Å². The first-order valence-electron chi connectivity index (χ1n) is 8.57. The summed E-state index contributed by atoms with van der Waals surface area (Å²) in [5.41, 5.74) is 0. The number of aromatic nitrogens is 2. The Labute approximate surface area is 137 Å². The van der Waals surface area contributed by atoms with Crippen LogP contribution in [0.5, 0.6) is 11.8 Å². The molecule has 2 aliphatic rings. The average molecular weight is 319 g/mol. The first-order chi connectivity index (χ1) is 11.2. The van der Waals surface area contributed by atoms with E-state index in [1.165, 1.54) is 12.8 Å². The van der Waals surface area contributed by atoms with Crippen LogP contribution in [-0.4, -0.2) is 35.1 Å². The third-order valence-corrected chi connectivity index (χ3v) is 4.83. The smallest absolute Gasteiger partial charge is 0.235 e. The molecule has 0 aliphatic heterocycles. The van der Waals surface area contributed by atoms with Crippen LogP contribution in [0.25, 0.3) is 0 Å². The highest BCUT2D eigenvalue weighted by molar-refractivity contribution is 5.79. The second kappa shape index (κ2) is 7.62. The van der Waals surface area contributed by atoms with E-state index < -0.39 is 0 Å². The van der Waals surface area contributed by atoms with Gasteiger partial charge in [-0.2, -0.15) is 4.98 Å². The van der Waals surface area contributed by atoms with Gasteiger partial charge in [-0.15, -0.1) is 0 Å². The highest BCUT2D eigenvalue weighted by Gasteiger charge is 2.28. The van der Waals surface area contributed by atoms with Crippen molar-refractivity contribution in [3.05, 3.63) is 12.4 Å². The van der Waals surface area contributed by atoms with E-state index in [9.17, 15) is 4.79 Å². The Morgan fingerprint density at radius 1 is 1.09 bits per heavy atom. The fourth-order valence-electron chi connectivity index (χ4n) is 3.49. The number of amides is 1. The Kier molecular flexibility index (Phi) is 5.31. The van der Waals surface area contributed by atoms with Crippen LogP contribution in [0.15, 0.2) is 12.4 Å². The lowest BCUT2D eigenvalue weighted by atomic mass is 9.92. The summed E-state index contributed by atoms with van der Waals surface area (Å²) in [6, 6.07) is 0.291. The molecule has 126 valence electrons. The largest absolute Gasteiger partial charge is 0.480 e. The van der Waals surface area contributed by atoms with Crippen LogP contribution in [0.4, 0.5) is 0 Å². The van der Waals surface area contributed by atoms with Crippen LogP contribution in [-0.2, 0) is 4.79 Å². The summed E-state index contributed by atoms with van der Waals surface area (Å²) in [5, 5.41) is 3.22. The Bertz CT molecular complexity index is 524. The summed E-state index contributed by atoms with van der Waals surface area (Å²) < 4.78 is 10.9. The number of nitrogens with zero attached hydrogens (tertiary/aromatic N) is 2. The predicted molar refractivity (Wildman–Crippen MR) is 85.4 cm³/mol. The van der Waals surface area contributed by atoms with Gasteiger partial charge in [0.1, 0.15) is 6.10 Å². The fraction of sp³-hybridized carbons (Fsp3) is 0.706. The van der Waals surface area contributed by atoms with Gasteiger partial charge >= 0.3 is 0 Å². The molecule has 0 radical (unpaired) electrons. The molecule has 6 nitrogen and oxygen atoms in total. The zero-order valence-electron chi connectivity index (χ0n) is 13.7. The Balaban J connectivity index is 1.43. The summed E-state index contributed by atoms with van der Waals surface area (Å²) in [6.45, 7) is 0. The van der Waals surface area contributed by atoms with Crippen LogP contribution in [0.1, 0.15) is 51.4 Å². The molecule has 1 aromatic rings. The summed E-state index contributed by atoms with van der Waals surface area (Å²) >= 11 is 0. The summed E-state index contributed by atoms with van der Waals surface area (Å²) in [5.74, 6) is 1.46. The maximum absolute atomic E-state index is 12.2. The van der Waals surface area contributed by atoms with E-state index in [1.54, 1.807) is 19.5 Å². The van der Waals surface area contributed by atoms with Crippen molar-refractivity contribution in [2.45, 2.75) is 63.5 Å². The van der Waals surface area contributed by atoms with Crippen molar-refractivity contribution in [3.8, 4) is 11.8 Å². The van der Waals surface area contributed by atoms with Crippen LogP contribution >= 0.6 is 0 Å². The number of carbonyl (C=O) groups excluding carboxylic acids is 1. The summed E-state index contributed by atoms with van der Waals surface area (Å²) in [6.07, 6.45) is 11.6. The molecule has 0 spiro atoms. The second-order valence-corrected chi connectivity index (χ2v) is 6.48. The van der Waals surface area contributed by atoms with Crippen molar-refractivity contribution in [1.29, 1.82) is 0 Å². The van der Waals surface area contributed by atoms with Gasteiger partial charge in [-0.25, -0.2) is 0 Å². The van der Waals surface area contributed by atoms with E-state index in [-0.39, 0.29) is 17.9 Å². The molecule has 1 aromatic heterocycles. The highest BCUT2D eigenvalue weighted by atomic mass is 16.5. The molecule has 3 rings (SSSR count). The minimum atomic E-state index is 0.135. The van der Waals surface area contributed by atoms with Crippen molar-refractivity contribution in [2.75, 3.05) is 7.11 Å². The minimum Gasteiger partial charge on any atom is -0.480 e. The zero-order valence-corrected chi connectivity index (χ0v) is 13.7. The van der Waals surface area contributed by atoms with Gasteiger partial charge in [-0.05, 0) is 38.5 Å². The van der Waals surface area contributed by atoms with E-state index in [1.807, 2.05) is 0 Å². The molecule has 1 N–H and O–H groups in total. The first kappa shape index (κ1) is 16.0. The van der Waals surface area contributed by atoms with Gasteiger partial charge in [0, 0.05) is 12.0 Å². The summed E-state index contributed by atoms with van der Waals surface area (Å²) in [7, 11) is 1.56. The van der Waals surface area contributed by atoms with Crippen molar-refractivity contribution >= 4 is 5.91 Å². The molecule has 23 heavy (non-hydrogen) atoms. The minimum absolute atomic E-state index is 0.135. The Morgan fingerprint density at radius 3 is 2.48 bits per heavy atom. The predicted octanol–water partition coefficient (Wildman–Crippen LogP) is 2.48. The van der Waals surface area contributed by atoms with Crippen molar-refractivity contribution in [1.82, 2.24) is 15.3 Å². The molecule has 0 unspecified atom stereocenters. The normalized spacial score (nSPS) is 25.1. The van der Waals surface area contributed by atoms with Crippen molar-refractivity contribution < 1.29 is 14.3 Å². The van der Waals surface area contributed by atoms with Crippen LogP contribution in [0.2, 0.25) is 0 Å². The first-order valence-corrected chi connectivity index (χ1v) is 8.57. The molecule has 0 atom stereocenters. The highest BCUT2D eigenvalue weighted by Crippen LogP contribution is 2.27. The van der Waals surface area contributed by atoms with Crippen LogP contribution in [0, 0.1) is 5.92 Å². The number of carbonyl (C=O) groups is 1. The van der Waals surface area contributed by atoms with E-state index in [0.717, 1.165) is 38.5 Å². The molecule has 2 saturated carbocycles. The van der Waals surface area contributed by atoms with Gasteiger partial charge in [0.15, 0.2) is 0 Å². The standard InChI is InChI=1S/C17H25N3O3/c1-22-15-10-18-11-16(20-15)23-14-8-6-13(7-9-14)19-17(21)12-4-2-3-5-12/h10-14H,2-9H2,1H3,(H,19,21). The van der Waals surface area contributed by atoms with Crippen LogP contribution < -0.4 is 14.8 Å². The molecule has 0 saturated heterocycles. The zero-order chi connectivity index (χ0) is 16.1. The molecule has 2 fully saturated rings. The number of methoxy groups -OCH3 is 1. The van der Waals surface area contributed by atoms with E-state index in [4.69, 9.17) is 9.47 Å². The molecule has 0 bridgehead atoms. The van der Waals surface area contributed by atoms with Gasteiger partial charge in [0.2, 0.25) is 17.7 Å². The third-order valence-electron chi connectivity index (χ3n) is 4.83. The van der Waals surface area contributed by atoms with E-state index >= 15 is 0 Å². The lowest BCUT2D eigenvalue weighted by Gasteiger charge is -2.29. The van der Waals surface area contributed by atoms with Gasteiger partial charge in [-0.3, -0.25) is 9.78 Å². The van der Waals surface area contributed by atoms with Crippen molar-refractivity contribution in [2.24, 2.45) is 5.92 Å². The molecule has 1 amide bonds. The fourth-order valence-corrected chi connectivity index (χ4v) is 3.49. The van der Waals surface area contributed by atoms with Crippen LogP contribution in [0.3, 0.4) is 0 Å². The lowest BCUT2D eigenvalue weighted by Crippen LogP contribution is -2.42. The molecule has 1 heterocycles. The average Bonchev–Trinajstić information content (AvgIpc) is 3.11. The van der Waals surface area contributed by atoms with Gasteiger partial charge in [0.25, 0.3) is 0 Å². The number of nitrogens with one attached hydrogen (secondary N) is 1. The maximum Gasteiger partial charge on any atom is 0.235 e. The molecule has 6 heteroatoms. The quantitative estimate of drug-likeness (QED) is 0.902. The third kappa shape index (κ3) is 4.33. The topological polar surface area (TPSA) is 73.3 Å². The Morgan fingerprint density at radius 2 is 1.78 bits per heavy atom. The van der Waals surface area contributed by atoms with E-state index in [0.29, 0.717) is 17.8 Å². The second-order valence-electron chi connectivity index (χ2n) is 6.48. The number of hydrogen-bond donors (Lipinski definition) is 1. The van der Waals surface area contributed by atoms with E-state index in [2.05, 4.69) is 15.3 Å². The number of ether oxygens (including phenoxy) is 2. The monoisotopic (exact) mass is 319 g/mol. The number of hydrogen-bond acceptors (Lipinski definition) is 5. The SMILES string of the molecule is COc1cncc(OC2CCC(NC(=O)C3CCCC3)CC2)n1. The van der Waals surface area contributed by atoms with Crippen molar-refractivity contribution in [3.63, 3.8) is 0 Å². The van der Waals surface area contributed by atoms with Gasteiger partial charge < -0.3 is 14.8 Å². The molecular formula is C17H25N3O3. The lowest BCUT2D eigenvalue weighted by molar-refractivity contribution is -0.125. The Hall–Kier alpha value is -1.85. The number of rotatable bonds is 5. The molecule has 0 aromatic carbocycles. The molecule has 2 aliphatic carbocycles. The maximum atomic E-state index is 12.2.